The largest absolute Gasteiger partial charge is 0.578 e. The lowest BCUT2D eigenvalue weighted by Gasteiger charge is -2.25. The lowest BCUT2D eigenvalue weighted by atomic mass is 10.1. The van der Waals surface area contributed by atoms with Gasteiger partial charge in [-0.05, 0) is 0 Å². The standard InChI is InChI=1S/C7H7N5O8/c8-12(19,20)3-5-6(10(15)16)1-4(9(13)14)2-7(5)11(17)18/h1-2,19H,3,8H2. The molecule has 1 aromatic carbocycles. The van der Waals surface area contributed by atoms with Crippen LogP contribution in [0.25, 0.3) is 0 Å². The quantitative estimate of drug-likeness (QED) is 0.334. The van der Waals surface area contributed by atoms with E-state index in [0.717, 1.165) is 0 Å². The molecule has 0 bridgehead atoms. The molecule has 20 heavy (non-hydrogen) atoms. The van der Waals surface area contributed by atoms with E-state index >= 15 is 0 Å². The summed E-state index contributed by atoms with van der Waals surface area (Å²) in [5.74, 6) is 4.66. The van der Waals surface area contributed by atoms with Crippen molar-refractivity contribution in [1.82, 2.24) is 0 Å². The predicted octanol–water partition coefficient (Wildman–Crippen LogP) is 0.489. The summed E-state index contributed by atoms with van der Waals surface area (Å²) in [7, 11) is 0. The summed E-state index contributed by atoms with van der Waals surface area (Å²) in [5, 5.41) is 51.9. The van der Waals surface area contributed by atoms with Crippen molar-refractivity contribution in [3.63, 3.8) is 0 Å². The zero-order valence-electron chi connectivity index (χ0n) is 9.53. The number of nitrogens with two attached hydrogens (primary N) is 1. The molecule has 1 rings (SSSR count). The van der Waals surface area contributed by atoms with Crippen molar-refractivity contribution in [2.24, 2.45) is 5.84 Å². The Morgan fingerprint density at radius 2 is 1.45 bits per heavy atom. The Labute approximate surface area is 109 Å². The fraction of sp³-hybridized carbons (Fsp3) is 0.143. The number of benzene rings is 1. The van der Waals surface area contributed by atoms with Gasteiger partial charge in [0.05, 0.1) is 26.9 Å². The van der Waals surface area contributed by atoms with E-state index in [0.29, 0.717) is 12.1 Å². The minimum absolute atomic E-state index is 0.442. The van der Waals surface area contributed by atoms with Crippen LogP contribution in [-0.2, 0) is 6.54 Å². The molecule has 0 fully saturated rings. The van der Waals surface area contributed by atoms with E-state index in [1.165, 1.54) is 0 Å². The fourth-order valence-corrected chi connectivity index (χ4v) is 1.45. The summed E-state index contributed by atoms with van der Waals surface area (Å²) < 4.78 is 0. The number of rotatable bonds is 5. The number of nitro groups is 3. The Hall–Kier alpha value is -2.74. The van der Waals surface area contributed by atoms with Crippen molar-refractivity contribution in [3.8, 4) is 0 Å². The molecule has 1 aromatic rings. The number of nitrogens with zero attached hydrogens (tertiary/aromatic N) is 4. The molecule has 1 unspecified atom stereocenters. The van der Waals surface area contributed by atoms with Gasteiger partial charge >= 0.3 is 0 Å². The highest BCUT2D eigenvalue weighted by Gasteiger charge is 2.33. The van der Waals surface area contributed by atoms with Crippen LogP contribution in [0.3, 0.4) is 0 Å². The van der Waals surface area contributed by atoms with Gasteiger partial charge in [0, 0.05) is 0 Å². The molecule has 13 heteroatoms. The van der Waals surface area contributed by atoms with Crippen LogP contribution in [0.5, 0.6) is 0 Å². The summed E-state index contributed by atoms with van der Waals surface area (Å²) in [5.41, 5.74) is -3.82. The number of quaternary nitrogens is 1. The molecule has 0 amide bonds. The molecule has 0 aliphatic carbocycles. The highest BCUT2D eigenvalue weighted by atomic mass is 16.9. The highest BCUT2D eigenvalue weighted by Crippen LogP contribution is 2.34. The van der Waals surface area contributed by atoms with Crippen molar-refractivity contribution in [2.45, 2.75) is 6.54 Å². The fourth-order valence-electron chi connectivity index (χ4n) is 1.45. The maximum absolute atomic E-state index is 10.9. The summed E-state index contributed by atoms with van der Waals surface area (Å²) in [6, 6.07) is 0.885. The van der Waals surface area contributed by atoms with Crippen molar-refractivity contribution >= 4 is 17.1 Å². The number of hydrogen-bond donors (Lipinski definition) is 2. The van der Waals surface area contributed by atoms with E-state index in [2.05, 4.69) is 5.84 Å². The molecular formula is C7H7N5O8. The Balaban J connectivity index is 3.64. The highest BCUT2D eigenvalue weighted by molar-refractivity contribution is 5.60. The number of hydroxylamine groups is 2. The average molecular weight is 289 g/mol. The van der Waals surface area contributed by atoms with Crippen LogP contribution in [0, 0.1) is 35.6 Å². The van der Waals surface area contributed by atoms with E-state index < -0.39 is 48.9 Å². The smallest absolute Gasteiger partial charge is 0.292 e. The molecule has 0 heterocycles. The average Bonchev–Trinajstić information content (AvgIpc) is 2.25. The molecule has 108 valence electrons. The van der Waals surface area contributed by atoms with Gasteiger partial charge in [0.25, 0.3) is 17.1 Å². The predicted molar refractivity (Wildman–Crippen MR) is 59.7 cm³/mol. The summed E-state index contributed by atoms with van der Waals surface area (Å²) in [6.45, 7) is -1.22. The van der Waals surface area contributed by atoms with Gasteiger partial charge in [0.15, 0.2) is 12.1 Å². The monoisotopic (exact) mass is 289 g/mol. The van der Waals surface area contributed by atoms with Crippen molar-refractivity contribution in [3.05, 3.63) is 53.2 Å². The topological polar surface area (TPSA) is 199 Å². The first-order valence-corrected chi connectivity index (χ1v) is 4.73. The number of nitro benzene ring substituents is 3. The summed E-state index contributed by atoms with van der Waals surface area (Å²) in [6.07, 6.45) is 0. The molecule has 3 N–H and O–H groups in total. The van der Waals surface area contributed by atoms with Crippen LogP contribution >= 0.6 is 0 Å². The lowest BCUT2D eigenvalue weighted by Crippen LogP contribution is -2.44. The molecular weight excluding hydrogens is 282 g/mol. The molecule has 1 atom stereocenters. The molecule has 0 saturated carbocycles. The minimum atomic E-state index is -2.54. The van der Waals surface area contributed by atoms with Gasteiger partial charge in [0.1, 0.15) is 0 Å². The molecule has 0 aromatic heterocycles. The van der Waals surface area contributed by atoms with Crippen molar-refractivity contribution < 1.29 is 24.9 Å². The molecule has 0 radical (unpaired) electrons. The van der Waals surface area contributed by atoms with E-state index in [4.69, 9.17) is 5.21 Å². The van der Waals surface area contributed by atoms with Crippen LogP contribution in [0.2, 0.25) is 0 Å². The van der Waals surface area contributed by atoms with Crippen molar-refractivity contribution in [1.29, 1.82) is 0 Å². The first-order valence-electron chi connectivity index (χ1n) is 4.73. The first kappa shape index (κ1) is 15.3. The Morgan fingerprint density at radius 1 is 1.05 bits per heavy atom. The number of non-ortho nitro benzene ring substituents is 1. The molecule has 13 nitrogen and oxygen atoms in total. The van der Waals surface area contributed by atoms with Gasteiger partial charge < -0.3 is 5.21 Å². The normalized spacial score (nSPS) is 13.6. The molecule has 0 aliphatic rings. The van der Waals surface area contributed by atoms with Gasteiger partial charge in [0.2, 0.25) is 0 Å². The van der Waals surface area contributed by atoms with Crippen LogP contribution < -0.4 is 5.84 Å². The third kappa shape index (κ3) is 3.39. The van der Waals surface area contributed by atoms with E-state index in [1.54, 1.807) is 0 Å². The minimum Gasteiger partial charge on any atom is -0.578 e. The SMILES string of the molecule is N[N+]([O-])(O)Cc1c([N+](=O)[O-])cc([N+](=O)[O-])cc1[N+](=O)[O-]. The van der Waals surface area contributed by atoms with E-state index in [1.807, 2.05) is 0 Å². The lowest BCUT2D eigenvalue weighted by molar-refractivity contribution is -1.09. The number of hydrogen-bond acceptors (Lipinski definition) is 9. The third-order valence-electron chi connectivity index (χ3n) is 2.18. The Morgan fingerprint density at radius 3 is 1.70 bits per heavy atom. The van der Waals surface area contributed by atoms with Gasteiger partial charge in [-0.3, -0.25) is 30.3 Å². The maximum atomic E-state index is 10.9. The van der Waals surface area contributed by atoms with Gasteiger partial charge in [-0.1, -0.05) is 0 Å². The Bertz CT molecular complexity index is 558. The van der Waals surface area contributed by atoms with E-state index in [9.17, 15) is 35.6 Å². The third-order valence-corrected chi connectivity index (χ3v) is 2.18. The first-order chi connectivity index (χ1) is 9.03. The van der Waals surface area contributed by atoms with Gasteiger partial charge in [-0.15, -0.1) is 10.8 Å². The second-order valence-corrected chi connectivity index (χ2v) is 3.65. The second kappa shape index (κ2) is 5.10. The van der Waals surface area contributed by atoms with Gasteiger partial charge in [-0.2, -0.15) is 5.21 Å². The van der Waals surface area contributed by atoms with Crippen LogP contribution in [0.1, 0.15) is 5.56 Å². The maximum Gasteiger partial charge on any atom is 0.292 e. The Kier molecular flexibility index (Phi) is 3.90. The van der Waals surface area contributed by atoms with Crippen LogP contribution in [0.4, 0.5) is 17.1 Å². The second-order valence-electron chi connectivity index (χ2n) is 3.65. The zero-order chi connectivity index (χ0) is 15.7. The molecule has 0 spiro atoms. The summed E-state index contributed by atoms with van der Waals surface area (Å²) in [4.78, 5) is 26.2. The summed E-state index contributed by atoms with van der Waals surface area (Å²) >= 11 is 0. The zero-order valence-corrected chi connectivity index (χ0v) is 9.53. The van der Waals surface area contributed by atoms with Gasteiger partial charge in [-0.25, -0.2) is 0 Å². The van der Waals surface area contributed by atoms with E-state index in [-0.39, 0.29) is 0 Å². The van der Waals surface area contributed by atoms with Crippen LogP contribution in [-0.4, -0.2) is 24.9 Å². The van der Waals surface area contributed by atoms with Crippen molar-refractivity contribution in [2.75, 3.05) is 0 Å². The van der Waals surface area contributed by atoms with Crippen LogP contribution in [0.15, 0.2) is 12.1 Å². The molecule has 0 aliphatic heterocycles. The molecule has 0 saturated heterocycles.